The van der Waals surface area contributed by atoms with Gasteiger partial charge in [0, 0.05) is 16.5 Å². The van der Waals surface area contributed by atoms with Gasteiger partial charge in [0.25, 0.3) is 0 Å². The van der Waals surface area contributed by atoms with Crippen LogP contribution in [-0.4, -0.2) is 23.2 Å². The highest BCUT2D eigenvalue weighted by atomic mass is 16.5. The molecule has 0 atom stereocenters. The first kappa shape index (κ1) is 16.1. The van der Waals surface area contributed by atoms with Gasteiger partial charge in [0.05, 0.1) is 18.8 Å². The Kier molecular flexibility index (Phi) is 4.51. The van der Waals surface area contributed by atoms with E-state index < -0.39 is 0 Å². The Morgan fingerprint density at radius 3 is 2.50 bits per heavy atom. The molecule has 1 aromatic heterocycles. The van der Waals surface area contributed by atoms with Crippen molar-refractivity contribution in [3.05, 3.63) is 54.7 Å². The molecule has 1 aliphatic rings. The topological polar surface area (TPSA) is 67.0 Å². The van der Waals surface area contributed by atoms with Crippen molar-refractivity contribution in [2.45, 2.75) is 19.8 Å². The van der Waals surface area contributed by atoms with Gasteiger partial charge in [-0.05, 0) is 43.2 Å². The molecule has 24 heavy (non-hydrogen) atoms. The molecule has 0 bridgehead atoms. The van der Waals surface area contributed by atoms with Gasteiger partial charge in [0.1, 0.15) is 5.75 Å². The fourth-order valence-corrected chi connectivity index (χ4v) is 2.25. The Bertz CT molecular complexity index is 790. The molecule has 1 amide bonds. The predicted octanol–water partition coefficient (Wildman–Crippen LogP) is 4.00. The monoisotopic (exact) mass is 323 g/mol. The minimum absolute atomic E-state index is 0.118. The van der Waals surface area contributed by atoms with Crippen molar-refractivity contribution >= 4 is 22.5 Å². The van der Waals surface area contributed by atoms with Crippen LogP contribution in [0.1, 0.15) is 19.8 Å². The number of amides is 1. The maximum atomic E-state index is 11.7. The number of H-pyrrole nitrogens is 1. The molecule has 1 fully saturated rings. The van der Waals surface area contributed by atoms with Crippen LogP contribution in [0.5, 0.6) is 5.75 Å². The van der Waals surface area contributed by atoms with Crippen molar-refractivity contribution < 1.29 is 9.53 Å². The van der Waals surface area contributed by atoms with Gasteiger partial charge < -0.3 is 10.1 Å². The van der Waals surface area contributed by atoms with Gasteiger partial charge in [-0.3, -0.25) is 9.89 Å². The standard InChI is InChI=1S/C12H15NO2.C7H6N2/c1-12(7-8-12)11(14)13-9-3-5-10(15-2)6-4-9;1-2-4-7-6(3-1)5-8-9-7/h3-6H,7-8H2,1-2H3,(H,13,14);1-5H,(H,8,9). The average molecular weight is 323 g/mol. The van der Waals surface area contributed by atoms with Crippen LogP contribution in [-0.2, 0) is 4.79 Å². The number of methoxy groups -OCH3 is 1. The fourth-order valence-electron chi connectivity index (χ4n) is 2.25. The van der Waals surface area contributed by atoms with Crippen LogP contribution < -0.4 is 10.1 Å². The fraction of sp³-hybridized carbons (Fsp3) is 0.263. The first-order valence-electron chi connectivity index (χ1n) is 7.94. The summed E-state index contributed by atoms with van der Waals surface area (Å²) in [5, 5.41) is 10.8. The third kappa shape index (κ3) is 3.74. The van der Waals surface area contributed by atoms with E-state index in [0.717, 1.165) is 35.2 Å². The molecular weight excluding hydrogens is 302 g/mol. The van der Waals surface area contributed by atoms with Crippen molar-refractivity contribution in [1.29, 1.82) is 0 Å². The number of rotatable bonds is 3. The number of nitrogens with zero attached hydrogens (tertiary/aromatic N) is 1. The van der Waals surface area contributed by atoms with E-state index in [1.165, 1.54) is 0 Å². The van der Waals surface area contributed by atoms with E-state index in [1.54, 1.807) is 7.11 Å². The molecule has 0 unspecified atom stereocenters. The predicted molar refractivity (Wildman–Crippen MR) is 95.1 cm³/mol. The van der Waals surface area contributed by atoms with Crippen LogP contribution in [0.25, 0.3) is 10.9 Å². The molecule has 4 rings (SSSR count). The van der Waals surface area contributed by atoms with E-state index in [-0.39, 0.29) is 11.3 Å². The number of nitrogens with one attached hydrogen (secondary N) is 2. The number of ether oxygens (including phenoxy) is 1. The lowest BCUT2D eigenvalue weighted by Gasteiger charge is -2.10. The minimum atomic E-state index is -0.125. The molecule has 2 aromatic carbocycles. The highest BCUT2D eigenvalue weighted by Crippen LogP contribution is 2.45. The molecular formula is C19H21N3O2. The summed E-state index contributed by atoms with van der Waals surface area (Å²) in [5.74, 6) is 0.915. The lowest BCUT2D eigenvalue weighted by Crippen LogP contribution is -2.21. The van der Waals surface area contributed by atoms with Gasteiger partial charge >= 0.3 is 0 Å². The molecule has 1 heterocycles. The van der Waals surface area contributed by atoms with Crippen LogP contribution in [0.2, 0.25) is 0 Å². The van der Waals surface area contributed by atoms with Crippen LogP contribution >= 0.6 is 0 Å². The second kappa shape index (κ2) is 6.74. The Balaban J connectivity index is 0.000000159. The van der Waals surface area contributed by atoms with E-state index in [4.69, 9.17) is 4.74 Å². The summed E-state index contributed by atoms with van der Waals surface area (Å²) in [4.78, 5) is 11.7. The number of carbonyl (C=O) groups excluding carboxylic acids is 1. The van der Waals surface area contributed by atoms with E-state index in [2.05, 4.69) is 15.5 Å². The number of anilines is 1. The SMILES string of the molecule is COc1ccc(NC(=O)C2(C)CC2)cc1.c1ccc2[nH]ncc2c1. The molecule has 1 saturated carbocycles. The molecule has 0 saturated heterocycles. The second-order valence-corrected chi connectivity index (χ2v) is 6.20. The lowest BCUT2D eigenvalue weighted by atomic mass is 10.1. The number of hydrogen-bond acceptors (Lipinski definition) is 3. The van der Waals surface area contributed by atoms with Gasteiger partial charge in [0.15, 0.2) is 0 Å². The largest absolute Gasteiger partial charge is 0.497 e. The first-order chi connectivity index (χ1) is 11.6. The molecule has 0 spiro atoms. The van der Waals surface area contributed by atoms with Crippen molar-refractivity contribution in [2.24, 2.45) is 5.41 Å². The van der Waals surface area contributed by atoms with Gasteiger partial charge in [-0.1, -0.05) is 25.1 Å². The van der Waals surface area contributed by atoms with Crippen LogP contribution in [0, 0.1) is 5.41 Å². The minimum Gasteiger partial charge on any atom is -0.497 e. The Morgan fingerprint density at radius 2 is 1.88 bits per heavy atom. The van der Waals surface area contributed by atoms with Gasteiger partial charge in [-0.15, -0.1) is 0 Å². The van der Waals surface area contributed by atoms with E-state index in [0.29, 0.717) is 0 Å². The molecule has 0 radical (unpaired) electrons. The molecule has 5 heteroatoms. The smallest absolute Gasteiger partial charge is 0.230 e. The molecule has 2 N–H and O–H groups in total. The summed E-state index contributed by atoms with van der Waals surface area (Å²) in [6.07, 6.45) is 3.80. The van der Waals surface area contributed by atoms with Crippen molar-refractivity contribution in [3.8, 4) is 5.75 Å². The van der Waals surface area contributed by atoms with E-state index >= 15 is 0 Å². The maximum Gasteiger partial charge on any atom is 0.230 e. The molecule has 5 nitrogen and oxygen atoms in total. The Hall–Kier alpha value is -2.82. The summed E-state index contributed by atoms with van der Waals surface area (Å²) in [6.45, 7) is 1.99. The quantitative estimate of drug-likeness (QED) is 0.765. The first-order valence-corrected chi connectivity index (χ1v) is 7.94. The highest BCUT2D eigenvalue weighted by Gasteiger charge is 2.44. The van der Waals surface area contributed by atoms with Crippen molar-refractivity contribution in [3.63, 3.8) is 0 Å². The summed E-state index contributed by atoms with van der Waals surface area (Å²) in [6, 6.07) is 15.4. The van der Waals surface area contributed by atoms with E-state index in [1.807, 2.05) is 61.7 Å². The number of hydrogen-bond donors (Lipinski definition) is 2. The summed E-state index contributed by atoms with van der Waals surface area (Å²) in [5.41, 5.74) is 1.80. The van der Waals surface area contributed by atoms with Crippen LogP contribution in [0.15, 0.2) is 54.7 Å². The average Bonchev–Trinajstić information content (AvgIpc) is 3.19. The zero-order valence-corrected chi connectivity index (χ0v) is 13.9. The second-order valence-electron chi connectivity index (χ2n) is 6.20. The van der Waals surface area contributed by atoms with Crippen LogP contribution in [0.3, 0.4) is 0 Å². The zero-order valence-electron chi connectivity index (χ0n) is 13.9. The molecule has 124 valence electrons. The van der Waals surface area contributed by atoms with E-state index in [9.17, 15) is 4.79 Å². The normalized spacial score (nSPS) is 14.4. The molecule has 3 aromatic rings. The zero-order chi connectivity index (χ0) is 17.0. The molecule has 0 aliphatic heterocycles. The number of para-hydroxylation sites is 1. The maximum absolute atomic E-state index is 11.7. The van der Waals surface area contributed by atoms with Crippen molar-refractivity contribution in [1.82, 2.24) is 10.2 Å². The number of carbonyl (C=O) groups is 1. The van der Waals surface area contributed by atoms with Gasteiger partial charge in [-0.25, -0.2) is 0 Å². The van der Waals surface area contributed by atoms with Crippen LogP contribution in [0.4, 0.5) is 5.69 Å². The third-order valence-electron chi connectivity index (χ3n) is 4.25. The number of fused-ring (bicyclic) bond motifs is 1. The van der Waals surface area contributed by atoms with Gasteiger partial charge in [0.2, 0.25) is 5.91 Å². The summed E-state index contributed by atoms with van der Waals surface area (Å²) < 4.78 is 5.04. The van der Waals surface area contributed by atoms with Crippen molar-refractivity contribution in [2.75, 3.05) is 12.4 Å². The Labute approximate surface area is 141 Å². The lowest BCUT2D eigenvalue weighted by molar-refractivity contribution is -0.120. The Morgan fingerprint density at radius 1 is 1.17 bits per heavy atom. The highest BCUT2D eigenvalue weighted by molar-refractivity contribution is 5.96. The summed E-state index contributed by atoms with van der Waals surface area (Å²) in [7, 11) is 1.62. The number of aromatic nitrogens is 2. The third-order valence-corrected chi connectivity index (χ3v) is 4.25. The number of aromatic amines is 1. The molecule has 1 aliphatic carbocycles. The summed E-state index contributed by atoms with van der Waals surface area (Å²) >= 11 is 0. The number of benzene rings is 2. The van der Waals surface area contributed by atoms with Gasteiger partial charge in [-0.2, -0.15) is 5.10 Å².